The summed E-state index contributed by atoms with van der Waals surface area (Å²) >= 11 is 0. The lowest BCUT2D eigenvalue weighted by Gasteiger charge is -2.35. The Labute approximate surface area is 162 Å². The summed E-state index contributed by atoms with van der Waals surface area (Å²) in [6.07, 6.45) is 1.24. The van der Waals surface area contributed by atoms with Crippen molar-refractivity contribution < 1.29 is 24.2 Å². The summed E-state index contributed by atoms with van der Waals surface area (Å²) < 4.78 is 5.65. The quantitative estimate of drug-likeness (QED) is 0.838. The number of rotatable bonds is 4. The van der Waals surface area contributed by atoms with Gasteiger partial charge in [0.15, 0.2) is 0 Å². The molecule has 2 amide bonds. The average Bonchev–Trinajstić information content (AvgIpc) is 2.67. The third kappa shape index (κ3) is 4.52. The number of aromatic carboxylic acids is 1. The predicted molar refractivity (Wildman–Crippen MR) is 102 cm³/mol. The van der Waals surface area contributed by atoms with Crippen molar-refractivity contribution in [3.63, 3.8) is 0 Å². The van der Waals surface area contributed by atoms with Gasteiger partial charge in [0.1, 0.15) is 5.69 Å². The maximum Gasteiger partial charge on any atom is 0.335 e. The van der Waals surface area contributed by atoms with Crippen molar-refractivity contribution in [1.29, 1.82) is 0 Å². The molecule has 2 heterocycles. The van der Waals surface area contributed by atoms with E-state index in [0.717, 1.165) is 0 Å². The molecule has 1 aromatic heterocycles. The van der Waals surface area contributed by atoms with Crippen molar-refractivity contribution in [2.24, 2.45) is 0 Å². The minimum atomic E-state index is -1.13. The first-order valence-electron chi connectivity index (χ1n) is 8.89. The van der Waals surface area contributed by atoms with E-state index in [1.807, 2.05) is 13.8 Å². The average molecular weight is 383 g/mol. The lowest BCUT2D eigenvalue weighted by Crippen LogP contribution is -2.48. The highest BCUT2D eigenvalue weighted by Crippen LogP contribution is 2.17. The van der Waals surface area contributed by atoms with E-state index < -0.39 is 11.9 Å². The SMILES string of the molecule is CC1CN(C(=O)c2ccc(NC(=O)c3cc(C(=O)O)ccn3)cc2)CC(C)O1. The highest BCUT2D eigenvalue weighted by molar-refractivity contribution is 6.04. The lowest BCUT2D eigenvalue weighted by atomic mass is 10.1. The van der Waals surface area contributed by atoms with Crippen molar-refractivity contribution in [3.05, 3.63) is 59.4 Å². The molecule has 8 nitrogen and oxygen atoms in total. The molecule has 2 N–H and O–H groups in total. The number of amides is 2. The van der Waals surface area contributed by atoms with Crippen LogP contribution in [0.15, 0.2) is 42.6 Å². The summed E-state index contributed by atoms with van der Waals surface area (Å²) in [6, 6.07) is 9.05. The number of nitrogens with one attached hydrogen (secondary N) is 1. The molecule has 146 valence electrons. The Bertz CT molecular complexity index is 887. The molecule has 1 aliphatic heterocycles. The van der Waals surface area contributed by atoms with Crippen LogP contribution < -0.4 is 5.32 Å². The summed E-state index contributed by atoms with van der Waals surface area (Å²) in [5.41, 5.74) is 0.976. The molecule has 2 aromatic rings. The topological polar surface area (TPSA) is 109 Å². The fraction of sp³-hybridized carbons (Fsp3) is 0.300. The molecule has 0 radical (unpaired) electrons. The largest absolute Gasteiger partial charge is 0.478 e. The summed E-state index contributed by atoms with van der Waals surface area (Å²) in [5.74, 6) is -1.75. The van der Waals surface area contributed by atoms with Gasteiger partial charge in [-0.05, 0) is 50.2 Å². The number of nitrogens with zero attached hydrogens (tertiary/aromatic N) is 2. The maximum atomic E-state index is 12.7. The van der Waals surface area contributed by atoms with Crippen molar-refractivity contribution in [3.8, 4) is 0 Å². The van der Waals surface area contributed by atoms with Gasteiger partial charge >= 0.3 is 5.97 Å². The molecule has 0 spiro atoms. The van der Waals surface area contributed by atoms with Crippen LogP contribution in [0.2, 0.25) is 0 Å². The van der Waals surface area contributed by atoms with Crippen LogP contribution in [0.1, 0.15) is 45.1 Å². The summed E-state index contributed by atoms with van der Waals surface area (Å²) in [4.78, 5) is 41.6. The first-order chi connectivity index (χ1) is 13.3. The van der Waals surface area contributed by atoms with E-state index in [-0.39, 0.29) is 29.4 Å². The summed E-state index contributed by atoms with van der Waals surface area (Å²) in [6.45, 7) is 4.93. The molecule has 1 aromatic carbocycles. The fourth-order valence-corrected chi connectivity index (χ4v) is 3.11. The van der Waals surface area contributed by atoms with Crippen molar-refractivity contribution in [1.82, 2.24) is 9.88 Å². The maximum absolute atomic E-state index is 12.7. The van der Waals surface area contributed by atoms with E-state index in [2.05, 4.69) is 10.3 Å². The molecule has 28 heavy (non-hydrogen) atoms. The normalized spacial score (nSPS) is 19.1. The number of aromatic nitrogens is 1. The van der Waals surface area contributed by atoms with Crippen LogP contribution >= 0.6 is 0 Å². The molecular formula is C20H21N3O5. The number of pyridine rings is 1. The Morgan fingerprint density at radius 3 is 2.32 bits per heavy atom. The minimum absolute atomic E-state index is 0.00338. The molecule has 1 saturated heterocycles. The molecule has 3 rings (SSSR count). The molecule has 1 aliphatic rings. The van der Waals surface area contributed by atoms with Gasteiger partial charge in [0.05, 0.1) is 17.8 Å². The number of carbonyl (C=O) groups is 3. The number of carboxylic acid groups (broad SMARTS) is 1. The van der Waals surface area contributed by atoms with Crippen LogP contribution in [0.3, 0.4) is 0 Å². The van der Waals surface area contributed by atoms with E-state index in [9.17, 15) is 14.4 Å². The molecule has 2 unspecified atom stereocenters. The number of morpholine rings is 1. The molecule has 0 saturated carbocycles. The van der Waals surface area contributed by atoms with Crippen molar-refractivity contribution in [2.75, 3.05) is 18.4 Å². The number of hydrogen-bond acceptors (Lipinski definition) is 5. The van der Waals surface area contributed by atoms with Crippen LogP contribution in [-0.2, 0) is 4.74 Å². The Balaban J connectivity index is 1.67. The van der Waals surface area contributed by atoms with Crippen LogP contribution in [0.4, 0.5) is 5.69 Å². The Morgan fingerprint density at radius 1 is 1.07 bits per heavy atom. The van der Waals surface area contributed by atoms with Crippen LogP contribution in [0, 0.1) is 0 Å². The molecular weight excluding hydrogens is 362 g/mol. The number of carbonyl (C=O) groups excluding carboxylic acids is 2. The van der Waals surface area contributed by atoms with Gasteiger partial charge in [-0.25, -0.2) is 4.79 Å². The van der Waals surface area contributed by atoms with Gasteiger partial charge in [-0.3, -0.25) is 14.6 Å². The number of hydrogen-bond donors (Lipinski definition) is 2. The first-order valence-corrected chi connectivity index (χ1v) is 8.89. The second kappa shape index (κ2) is 8.18. The lowest BCUT2D eigenvalue weighted by molar-refractivity contribution is -0.0586. The number of carboxylic acids is 1. The van der Waals surface area contributed by atoms with Gasteiger partial charge in [-0.2, -0.15) is 0 Å². The van der Waals surface area contributed by atoms with Gasteiger partial charge in [0.2, 0.25) is 0 Å². The van der Waals surface area contributed by atoms with Gasteiger partial charge in [-0.1, -0.05) is 0 Å². The predicted octanol–water partition coefficient (Wildman–Crippen LogP) is 2.28. The zero-order chi connectivity index (χ0) is 20.3. The highest BCUT2D eigenvalue weighted by Gasteiger charge is 2.26. The van der Waals surface area contributed by atoms with Crippen molar-refractivity contribution in [2.45, 2.75) is 26.1 Å². The second-order valence-corrected chi connectivity index (χ2v) is 6.73. The number of ether oxygens (including phenoxy) is 1. The molecule has 1 fully saturated rings. The summed E-state index contributed by atoms with van der Waals surface area (Å²) in [5, 5.41) is 11.6. The molecule has 0 bridgehead atoms. The van der Waals surface area contributed by atoms with E-state index in [0.29, 0.717) is 24.3 Å². The van der Waals surface area contributed by atoms with E-state index >= 15 is 0 Å². The zero-order valence-corrected chi connectivity index (χ0v) is 15.6. The smallest absolute Gasteiger partial charge is 0.335 e. The van der Waals surface area contributed by atoms with Gasteiger partial charge in [-0.15, -0.1) is 0 Å². The monoisotopic (exact) mass is 383 g/mol. The number of benzene rings is 1. The van der Waals surface area contributed by atoms with Crippen LogP contribution in [0.5, 0.6) is 0 Å². The van der Waals surface area contributed by atoms with Gasteiger partial charge in [0.25, 0.3) is 11.8 Å². The van der Waals surface area contributed by atoms with E-state index in [1.54, 1.807) is 29.2 Å². The standard InChI is InChI=1S/C20H21N3O5/c1-12-10-23(11-13(2)28-12)19(25)14-3-5-16(6-4-14)22-18(24)17-9-15(20(26)27)7-8-21-17/h3-9,12-13H,10-11H2,1-2H3,(H,22,24)(H,26,27). The fourth-order valence-electron chi connectivity index (χ4n) is 3.11. The first kappa shape index (κ1) is 19.5. The molecule has 8 heteroatoms. The van der Waals surface area contributed by atoms with E-state index in [1.165, 1.54) is 18.3 Å². The third-order valence-electron chi connectivity index (χ3n) is 4.34. The molecule has 0 aliphatic carbocycles. The van der Waals surface area contributed by atoms with E-state index in [4.69, 9.17) is 9.84 Å². The zero-order valence-electron chi connectivity index (χ0n) is 15.6. The van der Waals surface area contributed by atoms with Crippen LogP contribution in [0.25, 0.3) is 0 Å². The Kier molecular flexibility index (Phi) is 5.70. The minimum Gasteiger partial charge on any atom is -0.478 e. The highest BCUT2D eigenvalue weighted by atomic mass is 16.5. The van der Waals surface area contributed by atoms with Gasteiger partial charge < -0.3 is 20.1 Å². The van der Waals surface area contributed by atoms with Crippen LogP contribution in [-0.4, -0.2) is 58.1 Å². The summed E-state index contributed by atoms with van der Waals surface area (Å²) in [7, 11) is 0. The Morgan fingerprint density at radius 2 is 1.71 bits per heavy atom. The Hall–Kier alpha value is -3.26. The second-order valence-electron chi connectivity index (χ2n) is 6.73. The van der Waals surface area contributed by atoms with Gasteiger partial charge in [0, 0.05) is 30.5 Å². The number of anilines is 1. The third-order valence-corrected chi connectivity index (χ3v) is 4.34. The molecule has 2 atom stereocenters. The van der Waals surface area contributed by atoms with Crippen molar-refractivity contribution >= 4 is 23.5 Å².